The molecule has 5 rings (SSSR count). The van der Waals surface area contributed by atoms with Crippen molar-refractivity contribution in [1.82, 2.24) is 19.7 Å². The smallest absolute Gasteiger partial charge is 0.239 e. The van der Waals surface area contributed by atoms with Crippen LogP contribution >= 0.6 is 0 Å². The number of benzene rings is 1. The van der Waals surface area contributed by atoms with Gasteiger partial charge in [-0.3, -0.25) is 9.29 Å². The van der Waals surface area contributed by atoms with Crippen LogP contribution in [0.1, 0.15) is 29.8 Å². The zero-order chi connectivity index (χ0) is 21.6. The molecule has 0 saturated carbocycles. The van der Waals surface area contributed by atoms with Crippen LogP contribution in [0.5, 0.6) is 0 Å². The summed E-state index contributed by atoms with van der Waals surface area (Å²) in [5.74, 6) is 1.33. The predicted molar refractivity (Wildman–Crippen MR) is 120 cm³/mol. The van der Waals surface area contributed by atoms with Gasteiger partial charge in [-0.1, -0.05) is 18.2 Å². The molecule has 9 heteroatoms. The summed E-state index contributed by atoms with van der Waals surface area (Å²) in [6, 6.07) is 9.78. The normalized spacial score (nSPS) is 19.0. The Morgan fingerprint density at radius 1 is 1.06 bits per heavy atom. The third kappa shape index (κ3) is 3.56. The van der Waals surface area contributed by atoms with Gasteiger partial charge in [-0.25, -0.2) is 18.1 Å². The summed E-state index contributed by atoms with van der Waals surface area (Å²) in [5.41, 5.74) is 3.82. The Bertz CT molecular complexity index is 1220. The van der Waals surface area contributed by atoms with Crippen LogP contribution in [0, 0.1) is 13.8 Å². The van der Waals surface area contributed by atoms with Gasteiger partial charge >= 0.3 is 0 Å². The summed E-state index contributed by atoms with van der Waals surface area (Å²) in [7, 11) is -3.46. The first-order valence-electron chi connectivity index (χ1n) is 10.6. The molecule has 3 aromatic rings. The lowest BCUT2D eigenvalue weighted by atomic mass is 10.1. The first kappa shape index (κ1) is 20.0. The molecule has 2 aliphatic rings. The van der Waals surface area contributed by atoms with E-state index >= 15 is 0 Å². The fourth-order valence-electron chi connectivity index (χ4n) is 4.60. The lowest BCUT2D eigenvalue weighted by Gasteiger charge is -2.35. The highest BCUT2D eigenvalue weighted by atomic mass is 32.2. The molecule has 1 fully saturated rings. The van der Waals surface area contributed by atoms with Gasteiger partial charge in [0.15, 0.2) is 5.82 Å². The zero-order valence-corrected chi connectivity index (χ0v) is 18.6. The minimum absolute atomic E-state index is 0.413. The monoisotopic (exact) mass is 438 g/mol. The molecule has 31 heavy (non-hydrogen) atoms. The molecular weight excluding hydrogens is 412 g/mol. The van der Waals surface area contributed by atoms with E-state index in [1.165, 1.54) is 0 Å². The van der Waals surface area contributed by atoms with Crippen molar-refractivity contribution >= 4 is 21.5 Å². The van der Waals surface area contributed by atoms with Gasteiger partial charge in [-0.15, -0.1) is 0 Å². The maximum absolute atomic E-state index is 13.5. The average Bonchev–Trinajstić information content (AvgIpc) is 3.37. The van der Waals surface area contributed by atoms with Gasteiger partial charge in [0.1, 0.15) is 5.82 Å². The fraction of sp³-hybridized carbons (Fsp3) is 0.409. The van der Waals surface area contributed by atoms with Crippen molar-refractivity contribution in [2.75, 3.05) is 28.8 Å². The third-order valence-electron chi connectivity index (χ3n) is 6.11. The number of hydrogen-bond donors (Lipinski definition) is 0. The molecule has 0 amide bonds. The SMILES string of the molecule is Cc1cc(C)n(-c2cncc(N3CCCC(S(=O)(=O)N4CCc5ccccc54)C3)n2)n1. The highest BCUT2D eigenvalue weighted by molar-refractivity contribution is 7.93. The number of para-hydroxylation sites is 1. The van der Waals surface area contributed by atoms with E-state index < -0.39 is 15.3 Å². The van der Waals surface area contributed by atoms with Gasteiger partial charge in [0.2, 0.25) is 10.0 Å². The average molecular weight is 439 g/mol. The van der Waals surface area contributed by atoms with Gasteiger partial charge in [-0.05, 0) is 50.8 Å². The lowest BCUT2D eigenvalue weighted by Crippen LogP contribution is -2.48. The maximum atomic E-state index is 13.5. The quantitative estimate of drug-likeness (QED) is 0.623. The summed E-state index contributed by atoms with van der Waals surface area (Å²) in [6.45, 7) is 5.61. The van der Waals surface area contributed by atoms with Crippen molar-refractivity contribution in [2.45, 2.75) is 38.4 Å². The lowest BCUT2D eigenvalue weighted by molar-refractivity contribution is 0.526. The standard InChI is InChI=1S/C22H26N6O2S/c1-16-12-17(2)28(25-16)22-14-23-13-21(24-22)26-10-5-7-19(15-26)31(29,30)27-11-9-18-6-3-4-8-20(18)27/h3-4,6,8,12-14,19H,5,7,9-11,15H2,1-2H3. The van der Waals surface area contributed by atoms with Crippen molar-refractivity contribution in [2.24, 2.45) is 0 Å². The van der Waals surface area contributed by atoms with Gasteiger partial charge in [-0.2, -0.15) is 5.10 Å². The van der Waals surface area contributed by atoms with Crippen LogP contribution in [0.15, 0.2) is 42.7 Å². The number of piperidine rings is 1. The van der Waals surface area contributed by atoms with E-state index in [1.54, 1.807) is 21.4 Å². The minimum Gasteiger partial charge on any atom is -0.354 e. The van der Waals surface area contributed by atoms with E-state index in [2.05, 4.69) is 10.1 Å². The first-order valence-corrected chi connectivity index (χ1v) is 12.1. The number of sulfonamides is 1. The van der Waals surface area contributed by atoms with Crippen molar-refractivity contribution < 1.29 is 8.42 Å². The van der Waals surface area contributed by atoms with Crippen LogP contribution < -0.4 is 9.21 Å². The van der Waals surface area contributed by atoms with Crippen LogP contribution in [-0.4, -0.2) is 53.1 Å². The molecule has 1 saturated heterocycles. The van der Waals surface area contributed by atoms with Crippen molar-refractivity contribution in [3.05, 3.63) is 59.7 Å². The molecule has 4 heterocycles. The molecule has 0 bridgehead atoms. The Kier molecular flexibility index (Phi) is 4.92. The van der Waals surface area contributed by atoms with E-state index in [9.17, 15) is 8.42 Å². The number of rotatable bonds is 4. The Labute approximate surface area is 182 Å². The van der Waals surface area contributed by atoms with E-state index in [1.807, 2.05) is 49.1 Å². The summed E-state index contributed by atoms with van der Waals surface area (Å²) in [4.78, 5) is 11.1. The fourth-order valence-corrected chi connectivity index (χ4v) is 6.59. The molecule has 8 nitrogen and oxygen atoms in total. The van der Waals surface area contributed by atoms with Gasteiger partial charge in [0.05, 0.1) is 29.0 Å². The van der Waals surface area contributed by atoms with Crippen LogP contribution in [0.2, 0.25) is 0 Å². The van der Waals surface area contributed by atoms with Gasteiger partial charge < -0.3 is 4.90 Å². The second-order valence-electron chi connectivity index (χ2n) is 8.28. The molecule has 2 aromatic heterocycles. The molecular formula is C22H26N6O2S. The summed E-state index contributed by atoms with van der Waals surface area (Å²) in [5, 5.41) is 4.02. The Hall–Kier alpha value is -2.94. The second kappa shape index (κ2) is 7.64. The van der Waals surface area contributed by atoms with Crippen LogP contribution in [0.25, 0.3) is 5.82 Å². The van der Waals surface area contributed by atoms with Gasteiger partial charge in [0, 0.05) is 25.3 Å². The highest BCUT2D eigenvalue weighted by Crippen LogP contribution is 2.33. The van der Waals surface area contributed by atoms with E-state index in [0.29, 0.717) is 31.1 Å². The van der Waals surface area contributed by atoms with E-state index in [-0.39, 0.29) is 0 Å². The molecule has 0 radical (unpaired) electrons. The Balaban J connectivity index is 1.40. The van der Waals surface area contributed by atoms with Crippen LogP contribution in [0.4, 0.5) is 11.5 Å². The topological polar surface area (TPSA) is 84.2 Å². The Morgan fingerprint density at radius 2 is 1.87 bits per heavy atom. The summed E-state index contributed by atoms with van der Waals surface area (Å²) < 4.78 is 30.4. The molecule has 0 aliphatic carbocycles. The van der Waals surface area contributed by atoms with Gasteiger partial charge in [0.25, 0.3) is 0 Å². The highest BCUT2D eigenvalue weighted by Gasteiger charge is 2.38. The number of fused-ring (bicyclic) bond motifs is 1. The molecule has 1 atom stereocenters. The molecule has 2 aliphatic heterocycles. The number of aromatic nitrogens is 4. The molecule has 0 spiro atoms. The van der Waals surface area contributed by atoms with Crippen molar-refractivity contribution in [3.63, 3.8) is 0 Å². The number of aryl methyl sites for hydroxylation is 2. The first-order chi connectivity index (χ1) is 14.9. The van der Waals surface area contributed by atoms with Crippen LogP contribution in [-0.2, 0) is 16.4 Å². The summed E-state index contributed by atoms with van der Waals surface area (Å²) in [6.07, 6.45) is 5.60. The maximum Gasteiger partial charge on any atom is 0.239 e. The number of anilines is 2. The minimum atomic E-state index is -3.46. The zero-order valence-electron chi connectivity index (χ0n) is 17.8. The van der Waals surface area contributed by atoms with Crippen molar-refractivity contribution in [1.29, 1.82) is 0 Å². The molecule has 1 unspecified atom stereocenters. The second-order valence-corrected chi connectivity index (χ2v) is 10.4. The Morgan fingerprint density at radius 3 is 2.68 bits per heavy atom. The number of nitrogens with zero attached hydrogens (tertiary/aromatic N) is 6. The third-order valence-corrected chi connectivity index (χ3v) is 8.33. The van der Waals surface area contributed by atoms with Crippen molar-refractivity contribution in [3.8, 4) is 5.82 Å². The molecule has 0 N–H and O–H groups in total. The predicted octanol–water partition coefficient (Wildman–Crippen LogP) is 2.64. The molecule has 1 aromatic carbocycles. The van der Waals surface area contributed by atoms with E-state index in [0.717, 1.165) is 42.0 Å². The largest absolute Gasteiger partial charge is 0.354 e. The summed E-state index contributed by atoms with van der Waals surface area (Å²) >= 11 is 0. The number of hydrogen-bond acceptors (Lipinski definition) is 6. The van der Waals surface area contributed by atoms with E-state index in [4.69, 9.17) is 4.98 Å². The molecule has 162 valence electrons. The van der Waals surface area contributed by atoms with Crippen LogP contribution in [0.3, 0.4) is 0 Å².